The van der Waals surface area contributed by atoms with Crippen molar-refractivity contribution in [2.75, 3.05) is 12.4 Å². The Kier molecular flexibility index (Phi) is 3.75. The lowest BCUT2D eigenvalue weighted by Crippen LogP contribution is -2.30. The van der Waals surface area contributed by atoms with Crippen molar-refractivity contribution < 1.29 is 14.6 Å². The zero-order chi connectivity index (χ0) is 14.8. The van der Waals surface area contributed by atoms with Crippen LogP contribution in [0, 0.1) is 0 Å². The number of nitrogens with one attached hydrogen (secondary N) is 1. The lowest BCUT2D eigenvalue weighted by atomic mass is 10.1. The number of benzene rings is 1. The molecule has 110 valence electrons. The SMILES string of the molecule is COC1CCCC1Nc1nc2ccccc2cc1C(=O)O. The molecule has 5 nitrogen and oxygen atoms in total. The number of para-hydroxylation sites is 1. The van der Waals surface area contributed by atoms with Gasteiger partial charge in [-0.05, 0) is 31.4 Å². The van der Waals surface area contributed by atoms with Gasteiger partial charge in [0.25, 0.3) is 0 Å². The summed E-state index contributed by atoms with van der Waals surface area (Å²) in [6.07, 6.45) is 3.14. The summed E-state index contributed by atoms with van der Waals surface area (Å²) in [7, 11) is 1.69. The highest BCUT2D eigenvalue weighted by Gasteiger charge is 2.28. The van der Waals surface area contributed by atoms with Crippen molar-refractivity contribution in [1.29, 1.82) is 0 Å². The van der Waals surface area contributed by atoms with Crippen molar-refractivity contribution in [2.45, 2.75) is 31.4 Å². The number of hydrogen-bond donors (Lipinski definition) is 2. The molecule has 0 amide bonds. The third kappa shape index (κ3) is 2.69. The Hall–Kier alpha value is -2.14. The minimum absolute atomic E-state index is 0.111. The fourth-order valence-electron chi connectivity index (χ4n) is 2.94. The number of fused-ring (bicyclic) bond motifs is 1. The molecular weight excluding hydrogens is 268 g/mol. The third-order valence-electron chi connectivity index (χ3n) is 4.03. The maximum absolute atomic E-state index is 11.5. The van der Waals surface area contributed by atoms with Gasteiger partial charge in [0.2, 0.25) is 0 Å². The number of pyridine rings is 1. The molecule has 3 rings (SSSR count). The first-order chi connectivity index (χ1) is 10.2. The molecule has 1 heterocycles. The van der Waals surface area contributed by atoms with Crippen molar-refractivity contribution in [3.63, 3.8) is 0 Å². The van der Waals surface area contributed by atoms with E-state index in [0.29, 0.717) is 5.82 Å². The smallest absolute Gasteiger partial charge is 0.339 e. The van der Waals surface area contributed by atoms with Crippen LogP contribution in [0.15, 0.2) is 30.3 Å². The van der Waals surface area contributed by atoms with E-state index in [1.807, 2.05) is 24.3 Å². The number of ether oxygens (including phenoxy) is 1. The second-order valence-corrected chi connectivity index (χ2v) is 5.34. The Morgan fingerprint density at radius 2 is 2.19 bits per heavy atom. The fourth-order valence-corrected chi connectivity index (χ4v) is 2.94. The summed E-state index contributed by atoms with van der Waals surface area (Å²) in [5.74, 6) is -0.544. The molecule has 1 saturated carbocycles. The van der Waals surface area contributed by atoms with Gasteiger partial charge < -0.3 is 15.2 Å². The molecule has 2 atom stereocenters. The van der Waals surface area contributed by atoms with Gasteiger partial charge >= 0.3 is 5.97 Å². The Morgan fingerprint density at radius 3 is 2.95 bits per heavy atom. The molecule has 5 heteroatoms. The molecule has 2 unspecified atom stereocenters. The molecule has 0 bridgehead atoms. The summed E-state index contributed by atoms with van der Waals surface area (Å²) in [5.41, 5.74) is 0.993. The van der Waals surface area contributed by atoms with E-state index in [2.05, 4.69) is 10.3 Å². The summed E-state index contributed by atoms with van der Waals surface area (Å²) in [6, 6.07) is 9.31. The average Bonchev–Trinajstić information content (AvgIpc) is 2.93. The monoisotopic (exact) mass is 286 g/mol. The predicted molar refractivity (Wildman–Crippen MR) is 80.8 cm³/mol. The predicted octanol–water partition coefficient (Wildman–Crippen LogP) is 2.91. The zero-order valence-electron chi connectivity index (χ0n) is 11.9. The number of hydrogen-bond acceptors (Lipinski definition) is 4. The van der Waals surface area contributed by atoms with Crippen LogP contribution in [0.3, 0.4) is 0 Å². The van der Waals surface area contributed by atoms with E-state index in [4.69, 9.17) is 4.74 Å². The maximum Gasteiger partial charge on any atom is 0.339 e. The maximum atomic E-state index is 11.5. The number of carbonyl (C=O) groups is 1. The normalized spacial score (nSPS) is 21.6. The second-order valence-electron chi connectivity index (χ2n) is 5.34. The van der Waals surface area contributed by atoms with Crippen molar-refractivity contribution in [3.05, 3.63) is 35.9 Å². The molecule has 0 saturated heterocycles. The molecule has 1 aliphatic carbocycles. The highest BCUT2D eigenvalue weighted by molar-refractivity contribution is 5.98. The highest BCUT2D eigenvalue weighted by atomic mass is 16.5. The summed E-state index contributed by atoms with van der Waals surface area (Å²) in [5, 5.41) is 13.5. The van der Waals surface area contributed by atoms with Gasteiger partial charge in [0.1, 0.15) is 11.4 Å². The van der Waals surface area contributed by atoms with Gasteiger partial charge in [0.05, 0.1) is 17.7 Å². The zero-order valence-corrected chi connectivity index (χ0v) is 11.9. The van der Waals surface area contributed by atoms with Crippen LogP contribution in [0.1, 0.15) is 29.6 Å². The molecule has 0 aliphatic heterocycles. The Labute approximate surface area is 123 Å². The van der Waals surface area contributed by atoms with E-state index in [1.54, 1.807) is 13.2 Å². The molecule has 1 fully saturated rings. The van der Waals surface area contributed by atoms with Gasteiger partial charge in [-0.2, -0.15) is 0 Å². The quantitative estimate of drug-likeness (QED) is 0.904. The fraction of sp³-hybridized carbons (Fsp3) is 0.375. The van der Waals surface area contributed by atoms with Gasteiger partial charge in [-0.1, -0.05) is 18.2 Å². The second kappa shape index (κ2) is 5.69. The van der Waals surface area contributed by atoms with Gasteiger partial charge in [0, 0.05) is 12.5 Å². The van der Waals surface area contributed by atoms with Crippen molar-refractivity contribution in [3.8, 4) is 0 Å². The molecule has 21 heavy (non-hydrogen) atoms. The molecule has 0 radical (unpaired) electrons. The molecular formula is C16H18N2O3. The number of carboxylic acid groups (broad SMARTS) is 1. The van der Waals surface area contributed by atoms with E-state index in [1.165, 1.54) is 0 Å². The molecule has 1 aromatic carbocycles. The van der Waals surface area contributed by atoms with Gasteiger partial charge in [0.15, 0.2) is 0 Å². The Bertz CT molecular complexity index is 672. The standard InChI is InChI=1S/C16H18N2O3/c1-21-14-8-4-7-13(14)18-15-11(16(19)20)9-10-5-2-3-6-12(10)17-15/h2-3,5-6,9,13-14H,4,7-8H2,1H3,(H,17,18)(H,19,20). The van der Waals surface area contributed by atoms with Gasteiger partial charge in [-0.3, -0.25) is 0 Å². The van der Waals surface area contributed by atoms with E-state index in [9.17, 15) is 9.90 Å². The molecule has 1 aliphatic rings. The van der Waals surface area contributed by atoms with Crippen LogP contribution in [-0.4, -0.2) is 35.3 Å². The number of aromatic carboxylic acids is 1. The third-order valence-corrected chi connectivity index (χ3v) is 4.03. The number of nitrogens with zero attached hydrogens (tertiary/aromatic N) is 1. The summed E-state index contributed by atoms with van der Waals surface area (Å²) >= 11 is 0. The van der Waals surface area contributed by atoms with Crippen LogP contribution >= 0.6 is 0 Å². The number of rotatable bonds is 4. The summed E-state index contributed by atoms with van der Waals surface area (Å²) in [6.45, 7) is 0. The van der Waals surface area contributed by atoms with Crippen LogP contribution < -0.4 is 5.32 Å². The van der Waals surface area contributed by atoms with Crippen LogP contribution in [0.5, 0.6) is 0 Å². The first kappa shape index (κ1) is 13.8. The molecule has 1 aromatic heterocycles. The van der Waals surface area contributed by atoms with Crippen LogP contribution in [0.25, 0.3) is 10.9 Å². The van der Waals surface area contributed by atoms with Crippen molar-refractivity contribution in [1.82, 2.24) is 4.98 Å². The van der Waals surface area contributed by atoms with E-state index in [-0.39, 0.29) is 17.7 Å². The minimum atomic E-state index is -0.970. The minimum Gasteiger partial charge on any atom is -0.478 e. The average molecular weight is 286 g/mol. The lowest BCUT2D eigenvalue weighted by molar-refractivity contribution is 0.0697. The number of aromatic nitrogens is 1. The van der Waals surface area contributed by atoms with Crippen LogP contribution in [0.4, 0.5) is 5.82 Å². The Balaban J connectivity index is 1.99. The molecule has 2 aromatic rings. The summed E-state index contributed by atoms with van der Waals surface area (Å²) < 4.78 is 5.45. The number of methoxy groups -OCH3 is 1. The lowest BCUT2D eigenvalue weighted by Gasteiger charge is -2.21. The van der Waals surface area contributed by atoms with Gasteiger partial charge in [-0.15, -0.1) is 0 Å². The van der Waals surface area contributed by atoms with Crippen LogP contribution in [0.2, 0.25) is 0 Å². The van der Waals surface area contributed by atoms with E-state index >= 15 is 0 Å². The summed E-state index contributed by atoms with van der Waals surface area (Å²) in [4.78, 5) is 16.0. The topological polar surface area (TPSA) is 71.5 Å². The molecule has 0 spiro atoms. The van der Waals surface area contributed by atoms with Crippen molar-refractivity contribution >= 4 is 22.7 Å². The number of anilines is 1. The largest absolute Gasteiger partial charge is 0.478 e. The molecule has 2 N–H and O–H groups in total. The van der Waals surface area contributed by atoms with Gasteiger partial charge in [-0.25, -0.2) is 9.78 Å². The first-order valence-electron chi connectivity index (χ1n) is 7.11. The van der Waals surface area contributed by atoms with E-state index < -0.39 is 5.97 Å². The van der Waals surface area contributed by atoms with Crippen LogP contribution in [-0.2, 0) is 4.74 Å². The Morgan fingerprint density at radius 1 is 1.38 bits per heavy atom. The number of carboxylic acids is 1. The van der Waals surface area contributed by atoms with Crippen molar-refractivity contribution in [2.24, 2.45) is 0 Å². The van der Waals surface area contributed by atoms with E-state index in [0.717, 1.165) is 30.2 Å². The highest BCUT2D eigenvalue weighted by Crippen LogP contribution is 2.27. The first-order valence-corrected chi connectivity index (χ1v) is 7.11.